The molecule has 0 amide bonds. The number of piperidine rings is 1. The van der Waals surface area contributed by atoms with Crippen molar-refractivity contribution in [1.29, 1.82) is 0 Å². The maximum atomic E-state index is 4.94. The molecule has 2 aromatic heterocycles. The summed E-state index contributed by atoms with van der Waals surface area (Å²) < 4.78 is 2.54. The maximum absolute atomic E-state index is 4.94. The first-order chi connectivity index (χ1) is 13.1. The lowest BCUT2D eigenvalue weighted by Gasteiger charge is -2.39. The zero-order valence-corrected chi connectivity index (χ0v) is 19.0. The van der Waals surface area contributed by atoms with Gasteiger partial charge in [-0.1, -0.05) is 46.0 Å². The number of hydrogen-bond donors (Lipinski definition) is 0. The highest BCUT2D eigenvalue weighted by molar-refractivity contribution is 5.93. The van der Waals surface area contributed by atoms with E-state index < -0.39 is 0 Å². The number of hydrogen-bond acceptors (Lipinski definition) is 2. The average molecular weight is 404 g/mol. The van der Waals surface area contributed by atoms with Crippen LogP contribution in [-0.4, -0.2) is 22.6 Å². The minimum atomic E-state index is 0. The van der Waals surface area contributed by atoms with Crippen LogP contribution < -0.4 is 4.90 Å². The van der Waals surface area contributed by atoms with Gasteiger partial charge in [0.2, 0.25) is 0 Å². The molecule has 0 spiro atoms. The molecule has 0 radical (unpaired) electrons. The van der Waals surface area contributed by atoms with E-state index in [9.17, 15) is 0 Å². The summed E-state index contributed by atoms with van der Waals surface area (Å²) in [6.07, 6.45) is 12.0. The van der Waals surface area contributed by atoms with Crippen molar-refractivity contribution in [1.82, 2.24) is 9.55 Å². The Kier molecular flexibility index (Phi) is 6.96. The number of nitrogens with zero attached hydrogens (tertiary/aromatic N) is 3. The van der Waals surface area contributed by atoms with E-state index in [1.54, 1.807) is 0 Å². The lowest BCUT2D eigenvalue weighted by Crippen LogP contribution is -2.39. The molecule has 2 fully saturated rings. The standard InChI is InChI=1S/C24H37N3.ClH/c1-17(2)15-27-19(4)18(3)22-12-13-25-24(23(22)27)26-14-8-11-21(16-26)20-9-6-5-7-10-20;/h12-13,17,20-21H,5-11,14-16H2,1-4H3;1H. The normalized spacial score (nSPS) is 21.3. The van der Waals surface area contributed by atoms with E-state index in [0.717, 1.165) is 18.4 Å². The Labute approximate surface area is 177 Å². The highest BCUT2D eigenvalue weighted by Gasteiger charge is 2.30. The molecule has 2 aromatic rings. The highest BCUT2D eigenvalue weighted by Crippen LogP contribution is 2.38. The van der Waals surface area contributed by atoms with Gasteiger partial charge in [-0.15, -0.1) is 12.4 Å². The first kappa shape index (κ1) is 21.5. The molecular formula is C24H38ClN3. The quantitative estimate of drug-likeness (QED) is 0.578. The zero-order chi connectivity index (χ0) is 19.0. The topological polar surface area (TPSA) is 21.1 Å². The van der Waals surface area contributed by atoms with Gasteiger partial charge in [-0.25, -0.2) is 4.98 Å². The first-order valence-corrected chi connectivity index (χ1v) is 11.3. The van der Waals surface area contributed by atoms with Crippen molar-refractivity contribution in [2.45, 2.75) is 79.2 Å². The van der Waals surface area contributed by atoms with Crippen LogP contribution in [0.2, 0.25) is 0 Å². The fourth-order valence-corrected chi connectivity index (χ4v) is 5.59. The van der Waals surface area contributed by atoms with Gasteiger partial charge >= 0.3 is 0 Å². The van der Waals surface area contributed by atoms with Crippen molar-refractivity contribution >= 4 is 29.1 Å². The number of rotatable bonds is 4. The van der Waals surface area contributed by atoms with Gasteiger partial charge in [-0.05, 0) is 56.1 Å². The van der Waals surface area contributed by atoms with E-state index in [1.165, 1.54) is 86.0 Å². The summed E-state index contributed by atoms with van der Waals surface area (Å²) in [4.78, 5) is 7.56. The Balaban J connectivity index is 0.00000225. The largest absolute Gasteiger partial charge is 0.355 e. The number of aromatic nitrogens is 2. The van der Waals surface area contributed by atoms with Gasteiger partial charge in [0.15, 0.2) is 5.82 Å². The monoisotopic (exact) mass is 403 g/mol. The van der Waals surface area contributed by atoms with Crippen LogP contribution in [0.15, 0.2) is 12.3 Å². The molecule has 2 aliphatic rings. The fraction of sp³-hybridized carbons (Fsp3) is 0.708. The van der Waals surface area contributed by atoms with Crippen LogP contribution in [-0.2, 0) is 6.54 Å². The summed E-state index contributed by atoms with van der Waals surface area (Å²) >= 11 is 0. The lowest BCUT2D eigenvalue weighted by atomic mass is 9.76. The molecule has 0 N–H and O–H groups in total. The molecule has 1 unspecified atom stereocenters. The van der Waals surface area contributed by atoms with Crippen LogP contribution in [0.5, 0.6) is 0 Å². The van der Waals surface area contributed by atoms with Crippen LogP contribution in [0.1, 0.15) is 70.1 Å². The zero-order valence-electron chi connectivity index (χ0n) is 18.2. The molecular weight excluding hydrogens is 366 g/mol. The summed E-state index contributed by atoms with van der Waals surface area (Å²) in [5.41, 5.74) is 4.22. The first-order valence-electron chi connectivity index (χ1n) is 11.3. The van der Waals surface area contributed by atoms with Gasteiger partial charge in [0, 0.05) is 36.9 Å². The van der Waals surface area contributed by atoms with E-state index in [0.29, 0.717) is 5.92 Å². The van der Waals surface area contributed by atoms with Crippen molar-refractivity contribution in [3.8, 4) is 0 Å². The van der Waals surface area contributed by atoms with E-state index in [-0.39, 0.29) is 12.4 Å². The summed E-state index contributed by atoms with van der Waals surface area (Å²) in [6, 6.07) is 2.22. The Morgan fingerprint density at radius 2 is 1.75 bits per heavy atom. The van der Waals surface area contributed by atoms with Crippen LogP contribution in [0.25, 0.3) is 10.9 Å². The molecule has 28 heavy (non-hydrogen) atoms. The van der Waals surface area contributed by atoms with Gasteiger partial charge in [0.25, 0.3) is 0 Å². The number of fused-ring (bicyclic) bond motifs is 1. The Morgan fingerprint density at radius 3 is 2.46 bits per heavy atom. The van der Waals surface area contributed by atoms with Gasteiger partial charge in [0.05, 0.1) is 5.52 Å². The van der Waals surface area contributed by atoms with Crippen molar-refractivity contribution in [3.63, 3.8) is 0 Å². The third kappa shape index (κ3) is 4.06. The molecule has 4 heteroatoms. The Bertz CT molecular complexity index is 789. The van der Waals surface area contributed by atoms with Crippen molar-refractivity contribution in [2.24, 2.45) is 17.8 Å². The van der Waals surface area contributed by atoms with E-state index in [2.05, 4.69) is 43.2 Å². The van der Waals surface area contributed by atoms with Crippen molar-refractivity contribution < 1.29 is 0 Å². The molecule has 0 aromatic carbocycles. The van der Waals surface area contributed by atoms with E-state index in [4.69, 9.17) is 4.98 Å². The van der Waals surface area contributed by atoms with Gasteiger partial charge in [-0.3, -0.25) is 0 Å². The Hall–Kier alpha value is -1.22. The number of aryl methyl sites for hydroxylation is 1. The minimum absolute atomic E-state index is 0. The molecule has 3 heterocycles. The second-order valence-corrected chi connectivity index (χ2v) is 9.49. The molecule has 0 bridgehead atoms. The number of pyridine rings is 1. The summed E-state index contributed by atoms with van der Waals surface area (Å²) in [5.74, 6) is 3.70. The van der Waals surface area contributed by atoms with Gasteiger partial charge < -0.3 is 9.47 Å². The molecule has 1 saturated heterocycles. The van der Waals surface area contributed by atoms with Crippen LogP contribution >= 0.6 is 12.4 Å². The molecule has 1 atom stereocenters. The van der Waals surface area contributed by atoms with Crippen LogP contribution in [0.4, 0.5) is 5.82 Å². The number of halogens is 1. The smallest absolute Gasteiger partial charge is 0.153 e. The highest BCUT2D eigenvalue weighted by atomic mass is 35.5. The fourth-order valence-electron chi connectivity index (χ4n) is 5.59. The Morgan fingerprint density at radius 1 is 1.04 bits per heavy atom. The molecule has 1 aliphatic heterocycles. The third-order valence-corrected chi connectivity index (χ3v) is 7.15. The second kappa shape index (κ2) is 9.07. The van der Waals surface area contributed by atoms with E-state index >= 15 is 0 Å². The van der Waals surface area contributed by atoms with Gasteiger partial charge in [0.1, 0.15) is 0 Å². The third-order valence-electron chi connectivity index (χ3n) is 7.15. The predicted molar refractivity (Wildman–Crippen MR) is 123 cm³/mol. The number of anilines is 1. The maximum Gasteiger partial charge on any atom is 0.153 e. The molecule has 1 saturated carbocycles. The van der Waals surface area contributed by atoms with Gasteiger partial charge in [-0.2, -0.15) is 0 Å². The minimum Gasteiger partial charge on any atom is -0.355 e. The molecule has 3 nitrogen and oxygen atoms in total. The molecule has 1 aliphatic carbocycles. The van der Waals surface area contributed by atoms with Crippen LogP contribution in [0.3, 0.4) is 0 Å². The summed E-state index contributed by atoms with van der Waals surface area (Å²) in [5, 5.41) is 1.40. The molecule has 4 rings (SSSR count). The predicted octanol–water partition coefficient (Wildman–Crippen LogP) is 6.53. The second-order valence-electron chi connectivity index (χ2n) is 9.49. The SMILES string of the molecule is Cc1c(C)n(CC(C)C)c2c(N3CCCC(C4CCCCC4)C3)nccc12.Cl. The average Bonchev–Trinajstić information content (AvgIpc) is 2.93. The van der Waals surface area contributed by atoms with Crippen molar-refractivity contribution in [3.05, 3.63) is 23.5 Å². The molecule has 156 valence electrons. The summed E-state index contributed by atoms with van der Waals surface area (Å²) in [7, 11) is 0. The van der Waals surface area contributed by atoms with E-state index in [1.807, 2.05) is 6.20 Å². The lowest BCUT2D eigenvalue weighted by molar-refractivity contribution is 0.220. The van der Waals surface area contributed by atoms with Crippen LogP contribution in [0, 0.1) is 31.6 Å². The van der Waals surface area contributed by atoms with Crippen molar-refractivity contribution in [2.75, 3.05) is 18.0 Å². The summed E-state index contributed by atoms with van der Waals surface area (Å²) in [6.45, 7) is 12.6.